The lowest BCUT2D eigenvalue weighted by Gasteiger charge is -2.21. The van der Waals surface area contributed by atoms with E-state index in [9.17, 15) is 0 Å². The van der Waals surface area contributed by atoms with E-state index in [2.05, 4.69) is 20.2 Å². The Morgan fingerprint density at radius 1 is 1.32 bits per heavy atom. The predicted octanol–water partition coefficient (Wildman–Crippen LogP) is 3.02. The first-order valence-electron chi connectivity index (χ1n) is 9.32. The Hall–Kier alpha value is -1.65. The van der Waals surface area contributed by atoms with Gasteiger partial charge in [0.25, 0.3) is 0 Å². The standard InChI is InChI=1S/C20H28N4O3.HI/c1-21-20(24-9-8-16(13-24)14-26-11-10-25-2)22-12-18-15-27-19(23-18)17-6-4-3-5-7-17;/h3-7,15-16H,8-14H2,1-2H3,(H,21,22);1H. The van der Waals surface area contributed by atoms with Crippen molar-refractivity contribution in [2.24, 2.45) is 10.9 Å². The van der Waals surface area contributed by atoms with Gasteiger partial charge in [0.05, 0.1) is 32.1 Å². The van der Waals surface area contributed by atoms with Crippen LogP contribution in [-0.4, -0.2) is 62.9 Å². The summed E-state index contributed by atoms with van der Waals surface area (Å²) >= 11 is 0. The van der Waals surface area contributed by atoms with Gasteiger partial charge >= 0.3 is 0 Å². The van der Waals surface area contributed by atoms with Crippen molar-refractivity contribution in [1.82, 2.24) is 15.2 Å². The number of nitrogens with one attached hydrogen (secondary N) is 1. The number of hydrogen-bond acceptors (Lipinski definition) is 5. The molecule has 1 saturated heterocycles. The van der Waals surface area contributed by atoms with Gasteiger partial charge in [-0.05, 0) is 18.6 Å². The van der Waals surface area contributed by atoms with E-state index in [1.807, 2.05) is 37.4 Å². The number of oxazole rings is 1. The van der Waals surface area contributed by atoms with Crippen LogP contribution in [0, 0.1) is 5.92 Å². The number of hydrogen-bond donors (Lipinski definition) is 1. The zero-order chi connectivity index (χ0) is 18.9. The Morgan fingerprint density at radius 2 is 2.14 bits per heavy atom. The summed E-state index contributed by atoms with van der Waals surface area (Å²) in [6.07, 6.45) is 2.80. The molecule has 1 aromatic carbocycles. The third kappa shape index (κ3) is 6.46. The molecule has 2 heterocycles. The number of likely N-dealkylation sites (tertiary alicyclic amines) is 1. The minimum absolute atomic E-state index is 0. The van der Waals surface area contributed by atoms with Gasteiger partial charge in [0.2, 0.25) is 5.89 Å². The van der Waals surface area contributed by atoms with Crippen molar-refractivity contribution in [1.29, 1.82) is 0 Å². The molecule has 0 radical (unpaired) electrons. The minimum atomic E-state index is 0. The summed E-state index contributed by atoms with van der Waals surface area (Å²) in [6.45, 7) is 4.56. The molecule has 0 aliphatic carbocycles. The topological polar surface area (TPSA) is 72.1 Å². The van der Waals surface area contributed by atoms with Crippen molar-refractivity contribution >= 4 is 29.9 Å². The van der Waals surface area contributed by atoms with Gasteiger partial charge in [-0.15, -0.1) is 24.0 Å². The predicted molar refractivity (Wildman–Crippen MR) is 120 cm³/mol. The highest BCUT2D eigenvalue weighted by molar-refractivity contribution is 14.0. The maximum Gasteiger partial charge on any atom is 0.226 e. The number of aromatic nitrogens is 1. The molecule has 1 aliphatic heterocycles. The van der Waals surface area contributed by atoms with Crippen LogP contribution < -0.4 is 5.32 Å². The number of guanidine groups is 1. The summed E-state index contributed by atoms with van der Waals surface area (Å²) in [7, 11) is 3.50. The molecule has 0 spiro atoms. The molecule has 154 valence electrons. The van der Waals surface area contributed by atoms with E-state index >= 15 is 0 Å². The molecule has 0 saturated carbocycles. The van der Waals surface area contributed by atoms with Crippen molar-refractivity contribution < 1.29 is 13.9 Å². The first-order valence-corrected chi connectivity index (χ1v) is 9.32. The highest BCUT2D eigenvalue weighted by Crippen LogP contribution is 2.19. The van der Waals surface area contributed by atoms with Crippen LogP contribution in [0.2, 0.25) is 0 Å². The number of rotatable bonds is 8. The Kier molecular flexibility index (Phi) is 9.72. The molecule has 1 fully saturated rings. The molecular formula is C20H29IN4O3. The fourth-order valence-corrected chi connectivity index (χ4v) is 3.16. The van der Waals surface area contributed by atoms with Gasteiger partial charge in [0, 0.05) is 38.7 Å². The lowest BCUT2D eigenvalue weighted by molar-refractivity contribution is 0.0536. The molecular weight excluding hydrogens is 471 g/mol. The number of ether oxygens (including phenoxy) is 2. The molecule has 0 bridgehead atoms. The second-order valence-corrected chi connectivity index (χ2v) is 6.58. The van der Waals surface area contributed by atoms with E-state index in [1.54, 1.807) is 13.4 Å². The second-order valence-electron chi connectivity index (χ2n) is 6.58. The smallest absolute Gasteiger partial charge is 0.226 e. The molecule has 28 heavy (non-hydrogen) atoms. The van der Waals surface area contributed by atoms with Gasteiger partial charge in [0.1, 0.15) is 6.26 Å². The number of halogens is 1. The van der Waals surface area contributed by atoms with Crippen molar-refractivity contribution in [2.75, 3.05) is 47.1 Å². The molecule has 8 heteroatoms. The molecule has 0 amide bonds. The van der Waals surface area contributed by atoms with E-state index in [-0.39, 0.29) is 24.0 Å². The van der Waals surface area contributed by atoms with Crippen molar-refractivity contribution in [3.8, 4) is 11.5 Å². The molecule has 1 aliphatic rings. The maximum atomic E-state index is 5.66. The largest absolute Gasteiger partial charge is 0.444 e. The summed E-state index contributed by atoms with van der Waals surface area (Å²) in [6, 6.07) is 9.90. The number of nitrogens with zero attached hydrogens (tertiary/aromatic N) is 3. The Labute approximate surface area is 183 Å². The molecule has 1 aromatic heterocycles. The minimum Gasteiger partial charge on any atom is -0.444 e. The molecule has 1 atom stereocenters. The average Bonchev–Trinajstić information content (AvgIpc) is 3.37. The summed E-state index contributed by atoms with van der Waals surface area (Å²) in [5.74, 6) is 2.05. The molecule has 7 nitrogen and oxygen atoms in total. The quantitative estimate of drug-likeness (QED) is 0.260. The Morgan fingerprint density at radius 3 is 2.89 bits per heavy atom. The van der Waals surface area contributed by atoms with Crippen LogP contribution in [0.5, 0.6) is 0 Å². The van der Waals surface area contributed by atoms with Crippen molar-refractivity contribution in [3.63, 3.8) is 0 Å². The fraction of sp³-hybridized carbons (Fsp3) is 0.500. The monoisotopic (exact) mass is 500 g/mol. The van der Waals surface area contributed by atoms with Gasteiger partial charge in [-0.1, -0.05) is 18.2 Å². The third-order valence-corrected chi connectivity index (χ3v) is 4.58. The fourth-order valence-electron chi connectivity index (χ4n) is 3.16. The van der Waals surface area contributed by atoms with Crippen LogP contribution in [0.3, 0.4) is 0 Å². The van der Waals surface area contributed by atoms with Crippen LogP contribution >= 0.6 is 24.0 Å². The third-order valence-electron chi connectivity index (χ3n) is 4.58. The van der Waals surface area contributed by atoms with Crippen molar-refractivity contribution in [2.45, 2.75) is 13.0 Å². The summed E-state index contributed by atoms with van der Waals surface area (Å²) in [4.78, 5) is 11.2. The molecule has 1 N–H and O–H groups in total. The van der Waals surface area contributed by atoms with E-state index in [0.29, 0.717) is 31.6 Å². The van der Waals surface area contributed by atoms with E-state index in [1.165, 1.54) is 0 Å². The first kappa shape index (κ1) is 22.6. The zero-order valence-corrected chi connectivity index (χ0v) is 18.8. The lowest BCUT2D eigenvalue weighted by Crippen LogP contribution is -2.40. The van der Waals surface area contributed by atoms with Crippen LogP contribution in [-0.2, 0) is 16.0 Å². The van der Waals surface area contributed by atoms with Gasteiger partial charge in [-0.25, -0.2) is 4.98 Å². The van der Waals surface area contributed by atoms with Gasteiger partial charge in [-0.3, -0.25) is 4.99 Å². The van der Waals surface area contributed by atoms with E-state index in [0.717, 1.165) is 43.3 Å². The van der Waals surface area contributed by atoms with Crippen molar-refractivity contribution in [3.05, 3.63) is 42.3 Å². The van der Waals surface area contributed by atoms with E-state index in [4.69, 9.17) is 13.9 Å². The average molecular weight is 500 g/mol. The molecule has 3 rings (SSSR count). The first-order chi connectivity index (χ1) is 13.3. The van der Waals surface area contributed by atoms with Gasteiger partial charge < -0.3 is 24.1 Å². The number of benzene rings is 1. The highest BCUT2D eigenvalue weighted by Gasteiger charge is 2.25. The molecule has 2 aromatic rings. The molecule has 1 unspecified atom stereocenters. The van der Waals surface area contributed by atoms with Crippen LogP contribution in [0.4, 0.5) is 0 Å². The van der Waals surface area contributed by atoms with Gasteiger partial charge in [0.15, 0.2) is 5.96 Å². The Balaban J connectivity index is 0.00000280. The number of methoxy groups -OCH3 is 1. The van der Waals surface area contributed by atoms with Crippen LogP contribution in [0.25, 0.3) is 11.5 Å². The van der Waals surface area contributed by atoms with Crippen LogP contribution in [0.1, 0.15) is 12.1 Å². The zero-order valence-electron chi connectivity index (χ0n) is 16.5. The van der Waals surface area contributed by atoms with E-state index < -0.39 is 0 Å². The maximum absolute atomic E-state index is 5.66. The summed E-state index contributed by atoms with van der Waals surface area (Å²) in [5.41, 5.74) is 1.83. The highest BCUT2D eigenvalue weighted by atomic mass is 127. The van der Waals surface area contributed by atoms with Gasteiger partial charge in [-0.2, -0.15) is 0 Å². The summed E-state index contributed by atoms with van der Waals surface area (Å²) in [5, 5.41) is 3.38. The van der Waals surface area contributed by atoms with Crippen LogP contribution in [0.15, 0.2) is 46.0 Å². The summed E-state index contributed by atoms with van der Waals surface area (Å²) < 4.78 is 16.3. The lowest BCUT2D eigenvalue weighted by atomic mass is 10.1. The SMILES string of the molecule is CN=C(NCc1coc(-c2ccccc2)n1)N1CCC(COCCOC)C1.I. The normalized spacial score (nSPS) is 16.9. The second kappa shape index (κ2) is 12.0. The number of aliphatic imine (C=N–C) groups is 1. The Bertz CT molecular complexity index is 723.